The second kappa shape index (κ2) is 9.83. The predicted octanol–water partition coefficient (Wildman–Crippen LogP) is 8.00. The zero-order chi connectivity index (χ0) is 26.0. The molecule has 0 saturated heterocycles. The van der Waals surface area contributed by atoms with E-state index in [4.69, 9.17) is 0 Å². The van der Waals surface area contributed by atoms with Gasteiger partial charge in [-0.05, 0) is 44.8 Å². The molecule has 0 rings (SSSR count). The number of carboxylic acids is 2. The van der Waals surface area contributed by atoms with Crippen LogP contribution in [0.2, 0.25) is 0 Å². The monoisotopic (exact) mass is 442 g/mol. The van der Waals surface area contributed by atoms with Gasteiger partial charge in [-0.2, -0.15) is 0 Å². The van der Waals surface area contributed by atoms with E-state index in [0.717, 1.165) is 0 Å². The smallest absolute Gasteiger partial charge is 0.318 e. The van der Waals surface area contributed by atoms with Crippen LogP contribution in [-0.2, 0) is 9.59 Å². The van der Waals surface area contributed by atoms with Crippen molar-refractivity contribution >= 4 is 11.9 Å². The molecule has 0 saturated carbocycles. The second-order valence-electron chi connectivity index (χ2n) is 14.8. The summed E-state index contributed by atoms with van der Waals surface area (Å²) in [5.41, 5.74) is 0.210. The van der Waals surface area contributed by atoms with E-state index in [-0.39, 0.29) is 5.41 Å². The fraction of sp³-hybridized carbons (Fsp3) is 0.926. The quantitative estimate of drug-likeness (QED) is 0.423. The Kier molecular flexibility index (Phi) is 10.2. The van der Waals surface area contributed by atoms with E-state index in [9.17, 15) is 19.8 Å². The van der Waals surface area contributed by atoms with Gasteiger partial charge in [0.05, 0.1) is 0 Å². The highest BCUT2D eigenvalue weighted by Gasteiger charge is 2.53. The molecule has 2 N–H and O–H groups in total. The summed E-state index contributed by atoms with van der Waals surface area (Å²) in [4.78, 5) is 22.8. The third kappa shape index (κ3) is 9.53. The van der Waals surface area contributed by atoms with Gasteiger partial charge < -0.3 is 10.2 Å². The molecule has 4 heteroatoms. The molecule has 0 aromatic carbocycles. The lowest BCUT2D eigenvalue weighted by atomic mass is 9.52. The van der Waals surface area contributed by atoms with Crippen molar-refractivity contribution in [3.63, 3.8) is 0 Å². The molecule has 0 radical (unpaired) electrons. The number of rotatable bonds is 5. The molecule has 0 aliphatic heterocycles. The van der Waals surface area contributed by atoms with Crippen molar-refractivity contribution in [3.05, 3.63) is 0 Å². The first kappa shape index (κ1) is 32.1. The van der Waals surface area contributed by atoms with Gasteiger partial charge in [0.25, 0.3) is 0 Å². The van der Waals surface area contributed by atoms with Crippen LogP contribution >= 0.6 is 0 Å². The van der Waals surface area contributed by atoms with Gasteiger partial charge in [0.2, 0.25) is 0 Å². The van der Waals surface area contributed by atoms with Gasteiger partial charge in [0.1, 0.15) is 0 Å². The molecule has 4 nitrogen and oxygen atoms in total. The summed E-state index contributed by atoms with van der Waals surface area (Å²) < 4.78 is 0. The Balaban J connectivity index is 0. The van der Waals surface area contributed by atoms with Gasteiger partial charge in [-0.25, -0.2) is 0 Å². The van der Waals surface area contributed by atoms with Crippen LogP contribution in [0.1, 0.15) is 117 Å². The molecule has 0 aromatic rings. The Labute approximate surface area is 193 Å². The number of hydrogen-bond acceptors (Lipinski definition) is 2. The SMILES string of the molecule is CC(C)(C)C(C(C(=O)O)C(=O)O)C(C)(C)C(C)(C)C.CC(C)(C)CC(C)(C)C(C)(C)C. The molecule has 1 unspecified atom stereocenters. The van der Waals surface area contributed by atoms with Gasteiger partial charge in [-0.15, -0.1) is 0 Å². The fourth-order valence-electron chi connectivity index (χ4n) is 4.45. The van der Waals surface area contributed by atoms with E-state index in [1.54, 1.807) is 0 Å². The van der Waals surface area contributed by atoms with Crippen LogP contribution in [0.25, 0.3) is 0 Å². The highest BCUT2D eigenvalue weighted by atomic mass is 16.4. The van der Waals surface area contributed by atoms with Crippen molar-refractivity contribution in [2.75, 3.05) is 0 Å². The molecular formula is C27H54O4. The highest BCUT2D eigenvalue weighted by Crippen LogP contribution is 2.53. The average molecular weight is 443 g/mol. The molecule has 0 bridgehead atoms. The van der Waals surface area contributed by atoms with E-state index < -0.39 is 34.6 Å². The number of carboxylic acid groups (broad SMARTS) is 2. The van der Waals surface area contributed by atoms with Crippen molar-refractivity contribution < 1.29 is 19.8 Å². The normalized spacial score (nSPS) is 15.3. The van der Waals surface area contributed by atoms with Crippen molar-refractivity contribution in [1.82, 2.24) is 0 Å². The first-order valence-electron chi connectivity index (χ1n) is 11.6. The van der Waals surface area contributed by atoms with Gasteiger partial charge in [0, 0.05) is 0 Å². The van der Waals surface area contributed by atoms with Crippen molar-refractivity contribution in [2.45, 2.75) is 117 Å². The van der Waals surface area contributed by atoms with Crippen LogP contribution in [-0.4, -0.2) is 22.2 Å². The summed E-state index contributed by atoms with van der Waals surface area (Å²) in [6, 6.07) is 0. The molecule has 1 atom stereocenters. The number of hydrogen-bond donors (Lipinski definition) is 2. The van der Waals surface area contributed by atoms with E-state index in [0.29, 0.717) is 16.2 Å². The zero-order valence-corrected chi connectivity index (χ0v) is 23.6. The summed E-state index contributed by atoms with van der Waals surface area (Å²) in [7, 11) is 0. The molecule has 0 aliphatic carbocycles. The maximum Gasteiger partial charge on any atom is 0.318 e. The summed E-state index contributed by atoms with van der Waals surface area (Å²) in [6.07, 6.45) is 1.28. The molecular weight excluding hydrogens is 388 g/mol. The lowest BCUT2D eigenvalue weighted by Gasteiger charge is -2.51. The molecule has 0 amide bonds. The predicted molar refractivity (Wildman–Crippen MR) is 132 cm³/mol. The number of carbonyl (C=O) groups is 2. The van der Waals surface area contributed by atoms with Gasteiger partial charge in [-0.1, -0.05) is 111 Å². The minimum absolute atomic E-state index is 0.200. The second-order valence-corrected chi connectivity index (χ2v) is 14.8. The Bertz CT molecular complexity index is 585. The molecule has 0 aromatic heterocycles. The lowest BCUT2D eigenvalue weighted by molar-refractivity contribution is -0.167. The molecule has 0 spiro atoms. The highest BCUT2D eigenvalue weighted by molar-refractivity contribution is 5.93. The van der Waals surface area contributed by atoms with E-state index >= 15 is 0 Å². The molecule has 0 fully saturated rings. The number of aliphatic carboxylic acids is 2. The van der Waals surface area contributed by atoms with E-state index in [1.807, 2.05) is 55.4 Å². The third-order valence-electron chi connectivity index (χ3n) is 7.51. The van der Waals surface area contributed by atoms with Crippen LogP contribution in [0, 0.1) is 44.3 Å². The van der Waals surface area contributed by atoms with Crippen molar-refractivity contribution in [2.24, 2.45) is 44.3 Å². The minimum Gasteiger partial charge on any atom is -0.481 e. The maximum absolute atomic E-state index is 11.4. The maximum atomic E-state index is 11.4. The Morgan fingerprint density at radius 3 is 1.06 bits per heavy atom. The molecule has 186 valence electrons. The van der Waals surface area contributed by atoms with Crippen LogP contribution in [0.4, 0.5) is 0 Å². The zero-order valence-electron chi connectivity index (χ0n) is 23.6. The topological polar surface area (TPSA) is 74.6 Å². The summed E-state index contributed by atoms with van der Waals surface area (Å²) in [5, 5.41) is 18.7. The summed E-state index contributed by atoms with van der Waals surface area (Å²) in [5.74, 6) is -4.39. The first-order valence-corrected chi connectivity index (χ1v) is 11.6. The Hall–Kier alpha value is -1.06. The van der Waals surface area contributed by atoms with Crippen molar-refractivity contribution in [1.29, 1.82) is 0 Å². The Morgan fingerprint density at radius 2 is 0.935 bits per heavy atom. The van der Waals surface area contributed by atoms with Crippen LogP contribution in [0.15, 0.2) is 0 Å². The van der Waals surface area contributed by atoms with Gasteiger partial charge >= 0.3 is 11.9 Å². The summed E-state index contributed by atoms with van der Waals surface area (Å²) in [6.45, 7) is 34.4. The van der Waals surface area contributed by atoms with Crippen molar-refractivity contribution in [3.8, 4) is 0 Å². The largest absolute Gasteiger partial charge is 0.481 e. The van der Waals surface area contributed by atoms with Crippen LogP contribution < -0.4 is 0 Å². The average Bonchev–Trinajstić information content (AvgIpc) is 2.37. The van der Waals surface area contributed by atoms with Crippen LogP contribution in [0.3, 0.4) is 0 Å². The first-order chi connectivity index (χ1) is 13.1. The third-order valence-corrected chi connectivity index (χ3v) is 7.51. The minimum atomic E-state index is -1.39. The van der Waals surface area contributed by atoms with E-state index in [2.05, 4.69) is 55.4 Å². The standard InChI is InChI=1S/C15H28O4.C12H26/c1-13(2,3)10(9(11(16)17)12(18)19)15(7,8)14(4,5)6;1-10(2,3)9-12(7,8)11(4,5)6/h9-10H,1-8H3,(H,16,17)(H,18,19);9H2,1-8H3. The van der Waals surface area contributed by atoms with Gasteiger partial charge in [0.15, 0.2) is 5.92 Å². The molecule has 0 heterocycles. The molecule has 0 aliphatic rings. The van der Waals surface area contributed by atoms with Crippen LogP contribution in [0.5, 0.6) is 0 Å². The fourth-order valence-corrected chi connectivity index (χ4v) is 4.45. The Morgan fingerprint density at radius 1 is 0.613 bits per heavy atom. The van der Waals surface area contributed by atoms with Gasteiger partial charge in [-0.3, -0.25) is 9.59 Å². The summed E-state index contributed by atoms with van der Waals surface area (Å²) >= 11 is 0. The lowest BCUT2D eigenvalue weighted by Crippen LogP contribution is -2.51. The molecule has 31 heavy (non-hydrogen) atoms. The van der Waals surface area contributed by atoms with E-state index in [1.165, 1.54) is 6.42 Å².